The summed E-state index contributed by atoms with van der Waals surface area (Å²) in [6.45, 7) is 5.71. The lowest BCUT2D eigenvalue weighted by molar-refractivity contribution is -0.130. The Labute approximate surface area is 130 Å². The number of aryl methyl sites for hydroxylation is 1. The van der Waals surface area contributed by atoms with E-state index < -0.39 is 11.0 Å². The summed E-state index contributed by atoms with van der Waals surface area (Å²) in [4.78, 5) is 14.5. The molecule has 1 atom stereocenters. The number of morpholine rings is 1. The fraction of sp³-hybridized carbons (Fsp3) is 0.562. The van der Waals surface area contributed by atoms with Crippen molar-refractivity contribution in [1.82, 2.24) is 9.78 Å². The van der Waals surface area contributed by atoms with Crippen LogP contribution in [0.2, 0.25) is 0 Å². The van der Waals surface area contributed by atoms with Crippen molar-refractivity contribution in [3.05, 3.63) is 23.9 Å². The van der Waals surface area contributed by atoms with Crippen LogP contribution in [0.1, 0.15) is 20.3 Å². The minimum absolute atomic E-state index is 0.0955. The van der Waals surface area contributed by atoms with Gasteiger partial charge in [0.2, 0.25) is 0 Å². The van der Waals surface area contributed by atoms with Crippen LogP contribution in [0.3, 0.4) is 0 Å². The van der Waals surface area contributed by atoms with Gasteiger partial charge in [0.15, 0.2) is 5.78 Å². The molecule has 1 saturated heterocycles. The van der Waals surface area contributed by atoms with E-state index >= 15 is 0 Å². The molecule has 1 fully saturated rings. The summed E-state index contributed by atoms with van der Waals surface area (Å²) in [6, 6.07) is 4.00. The first-order chi connectivity index (χ1) is 10.4. The first kappa shape index (κ1) is 14.8. The second kappa shape index (κ2) is 4.96. The van der Waals surface area contributed by atoms with Gasteiger partial charge >= 0.3 is 0 Å². The van der Waals surface area contributed by atoms with E-state index in [1.54, 1.807) is 12.3 Å². The summed E-state index contributed by atoms with van der Waals surface area (Å²) < 4.78 is 7.87. The highest BCUT2D eigenvalue weighted by atomic mass is 16.5. The van der Waals surface area contributed by atoms with E-state index in [1.807, 2.05) is 37.7 Å². The van der Waals surface area contributed by atoms with Crippen LogP contribution in [0, 0.1) is 16.7 Å². The smallest absolute Gasteiger partial charge is 0.178 e. The van der Waals surface area contributed by atoms with Gasteiger partial charge in [-0.1, -0.05) is 13.8 Å². The topological polar surface area (TPSA) is 71.2 Å². The average Bonchev–Trinajstić information content (AvgIpc) is 2.89. The second-order valence-corrected chi connectivity index (χ2v) is 6.71. The number of Topliss-reactive ketones (excluding diaryl/α,β-unsaturated/α-hetero) is 1. The Hall–Kier alpha value is -2.13. The number of hydrogen-bond donors (Lipinski definition) is 0. The van der Waals surface area contributed by atoms with Crippen LogP contribution in [0.15, 0.2) is 23.9 Å². The molecule has 1 aliphatic heterocycles. The average molecular weight is 300 g/mol. The van der Waals surface area contributed by atoms with E-state index in [2.05, 4.69) is 10.00 Å². The number of nitrogens with zero attached hydrogens (tertiary/aromatic N) is 4. The summed E-state index contributed by atoms with van der Waals surface area (Å²) in [5.41, 5.74) is -0.969. The van der Waals surface area contributed by atoms with Crippen molar-refractivity contribution in [3.8, 4) is 6.07 Å². The fourth-order valence-corrected chi connectivity index (χ4v) is 3.53. The monoisotopic (exact) mass is 300 g/mol. The first-order valence-corrected chi connectivity index (χ1v) is 7.42. The molecule has 2 aliphatic rings. The third-order valence-electron chi connectivity index (χ3n) is 4.46. The number of carbonyl (C=O) groups is 1. The molecule has 6 nitrogen and oxygen atoms in total. The van der Waals surface area contributed by atoms with Crippen LogP contribution >= 0.6 is 0 Å². The van der Waals surface area contributed by atoms with E-state index in [0.717, 1.165) is 12.4 Å². The van der Waals surface area contributed by atoms with Crippen LogP contribution in [0.25, 0.3) is 0 Å². The SMILES string of the molecule is Cn1nccc1N1CCOC2(C=C(C#N)C(=O)C(C)(C)C2)C1. The van der Waals surface area contributed by atoms with Crippen molar-refractivity contribution in [2.45, 2.75) is 25.9 Å². The highest BCUT2D eigenvalue weighted by Crippen LogP contribution is 2.41. The van der Waals surface area contributed by atoms with Gasteiger partial charge in [0.1, 0.15) is 17.5 Å². The van der Waals surface area contributed by atoms with Crippen molar-refractivity contribution in [1.29, 1.82) is 5.26 Å². The Morgan fingerprint density at radius 1 is 1.45 bits per heavy atom. The largest absolute Gasteiger partial charge is 0.367 e. The molecule has 0 aromatic carbocycles. The number of ketones is 1. The third-order valence-corrected chi connectivity index (χ3v) is 4.46. The number of aromatic nitrogens is 2. The van der Waals surface area contributed by atoms with E-state index in [1.165, 1.54) is 0 Å². The van der Waals surface area contributed by atoms with Crippen LogP contribution < -0.4 is 4.90 Å². The summed E-state index contributed by atoms with van der Waals surface area (Å²) in [7, 11) is 1.91. The number of nitriles is 1. The Morgan fingerprint density at radius 2 is 2.23 bits per heavy atom. The molecule has 3 rings (SSSR count). The minimum Gasteiger partial charge on any atom is -0.367 e. The van der Waals surface area contributed by atoms with Crippen molar-refractivity contribution >= 4 is 11.6 Å². The Balaban J connectivity index is 1.96. The van der Waals surface area contributed by atoms with Gasteiger partial charge in [0, 0.05) is 25.1 Å². The zero-order valence-electron chi connectivity index (χ0n) is 13.2. The lowest BCUT2D eigenvalue weighted by atomic mass is 9.69. The number of anilines is 1. The molecule has 116 valence electrons. The Morgan fingerprint density at radius 3 is 2.86 bits per heavy atom. The number of ether oxygens (including phenoxy) is 1. The molecule has 1 spiro atoms. The highest BCUT2D eigenvalue weighted by molar-refractivity contribution is 6.04. The predicted molar refractivity (Wildman–Crippen MR) is 81.2 cm³/mol. The Kier molecular flexibility index (Phi) is 3.33. The molecule has 0 bridgehead atoms. The molecule has 1 aromatic rings. The molecular weight excluding hydrogens is 280 g/mol. The highest BCUT2D eigenvalue weighted by Gasteiger charge is 2.48. The van der Waals surface area contributed by atoms with Gasteiger partial charge in [-0.15, -0.1) is 0 Å². The Bertz CT molecular complexity index is 683. The molecule has 1 aromatic heterocycles. The van der Waals surface area contributed by atoms with Crippen molar-refractivity contribution < 1.29 is 9.53 Å². The van der Waals surface area contributed by atoms with Gasteiger partial charge in [-0.2, -0.15) is 10.4 Å². The summed E-state index contributed by atoms with van der Waals surface area (Å²) in [5.74, 6) is 0.922. The molecule has 6 heteroatoms. The van der Waals surface area contributed by atoms with E-state index in [4.69, 9.17) is 4.74 Å². The van der Waals surface area contributed by atoms with Crippen molar-refractivity contribution in [2.24, 2.45) is 12.5 Å². The number of carbonyl (C=O) groups excluding carboxylic acids is 1. The zero-order chi connectivity index (χ0) is 16.0. The van der Waals surface area contributed by atoms with Crippen molar-refractivity contribution in [3.63, 3.8) is 0 Å². The molecule has 0 saturated carbocycles. The summed E-state index contributed by atoms with van der Waals surface area (Å²) in [6.07, 6.45) is 4.07. The maximum absolute atomic E-state index is 12.3. The molecule has 0 amide bonds. The van der Waals surface area contributed by atoms with Gasteiger partial charge in [-0.3, -0.25) is 9.48 Å². The first-order valence-electron chi connectivity index (χ1n) is 7.42. The summed E-state index contributed by atoms with van der Waals surface area (Å²) in [5, 5.41) is 13.5. The van der Waals surface area contributed by atoms with E-state index in [-0.39, 0.29) is 11.4 Å². The lowest BCUT2D eigenvalue weighted by Crippen LogP contribution is -2.56. The van der Waals surface area contributed by atoms with Gasteiger partial charge in [0.25, 0.3) is 0 Å². The maximum atomic E-state index is 12.3. The third kappa shape index (κ3) is 2.32. The molecule has 0 radical (unpaired) electrons. The van der Waals surface area contributed by atoms with Crippen LogP contribution in [0.4, 0.5) is 5.82 Å². The molecule has 1 aliphatic carbocycles. The molecule has 1 unspecified atom stereocenters. The van der Waals surface area contributed by atoms with Gasteiger partial charge < -0.3 is 9.64 Å². The molecule has 0 N–H and O–H groups in total. The summed E-state index contributed by atoms with van der Waals surface area (Å²) >= 11 is 0. The van der Waals surface area contributed by atoms with E-state index in [9.17, 15) is 10.1 Å². The molecule has 22 heavy (non-hydrogen) atoms. The number of hydrogen-bond acceptors (Lipinski definition) is 5. The molecular formula is C16H20N4O2. The lowest BCUT2D eigenvalue weighted by Gasteiger charge is -2.47. The quantitative estimate of drug-likeness (QED) is 0.785. The number of allylic oxidation sites excluding steroid dienone is 1. The standard InChI is InChI=1S/C16H20N4O2/c1-15(2)10-16(8-12(9-17)14(15)21)11-20(6-7-22-16)13-4-5-18-19(13)3/h4-5,8H,6-7,10-11H2,1-3H3. The van der Waals surface area contributed by atoms with Gasteiger partial charge in [-0.25, -0.2) is 0 Å². The van der Waals surface area contributed by atoms with Crippen LogP contribution in [-0.4, -0.2) is 40.9 Å². The van der Waals surface area contributed by atoms with E-state index in [0.29, 0.717) is 19.6 Å². The second-order valence-electron chi connectivity index (χ2n) is 6.71. The minimum atomic E-state index is -0.592. The van der Waals surface area contributed by atoms with Crippen LogP contribution in [-0.2, 0) is 16.6 Å². The zero-order valence-corrected chi connectivity index (χ0v) is 13.2. The van der Waals surface area contributed by atoms with Gasteiger partial charge in [-0.05, 0) is 12.5 Å². The molecule has 2 heterocycles. The normalized spacial score (nSPS) is 27.6. The van der Waals surface area contributed by atoms with Crippen molar-refractivity contribution in [2.75, 3.05) is 24.6 Å². The fourth-order valence-electron chi connectivity index (χ4n) is 3.53. The maximum Gasteiger partial charge on any atom is 0.178 e. The number of rotatable bonds is 1. The van der Waals surface area contributed by atoms with Crippen LogP contribution in [0.5, 0.6) is 0 Å². The van der Waals surface area contributed by atoms with Gasteiger partial charge in [0.05, 0.1) is 24.9 Å². The predicted octanol–water partition coefficient (Wildman–Crippen LogP) is 1.44.